The summed E-state index contributed by atoms with van der Waals surface area (Å²) in [5, 5.41) is 7.12. The summed E-state index contributed by atoms with van der Waals surface area (Å²) >= 11 is 0. The number of rotatable bonds is 3. The number of hydrogen-bond acceptors (Lipinski definition) is 4. The standard InChI is InChI=1S/C19H23FN4O2/c20-14-7-4-6-13(12-14)17-22-18(26-23-17)16-10-5-11-24(16)19(25)21-15-8-2-1-3-9-15/h4,6-7,12,15-16H,1-3,5,8-11H2,(H,21,25)/t16-/m0/s1. The van der Waals surface area contributed by atoms with Crippen molar-refractivity contribution >= 4 is 6.03 Å². The van der Waals surface area contributed by atoms with Crippen LogP contribution >= 0.6 is 0 Å². The zero-order valence-corrected chi connectivity index (χ0v) is 14.7. The summed E-state index contributed by atoms with van der Waals surface area (Å²) in [5.41, 5.74) is 0.566. The van der Waals surface area contributed by atoms with Gasteiger partial charge in [-0.25, -0.2) is 9.18 Å². The SMILES string of the molecule is O=C(NC1CCCCC1)N1CCC[C@H]1c1nc(-c2cccc(F)c2)no1. The van der Waals surface area contributed by atoms with Crippen molar-refractivity contribution in [2.45, 2.75) is 57.0 Å². The molecule has 0 spiro atoms. The summed E-state index contributed by atoms with van der Waals surface area (Å²) in [5.74, 6) is 0.419. The van der Waals surface area contributed by atoms with Crippen molar-refractivity contribution < 1.29 is 13.7 Å². The lowest BCUT2D eigenvalue weighted by Gasteiger charge is -2.28. The molecule has 1 N–H and O–H groups in total. The predicted octanol–water partition coefficient (Wildman–Crippen LogP) is 4.05. The van der Waals surface area contributed by atoms with Crippen molar-refractivity contribution in [1.82, 2.24) is 20.4 Å². The van der Waals surface area contributed by atoms with E-state index in [1.165, 1.54) is 31.4 Å². The van der Waals surface area contributed by atoms with Gasteiger partial charge >= 0.3 is 6.03 Å². The molecule has 6 nitrogen and oxygen atoms in total. The van der Waals surface area contributed by atoms with Crippen LogP contribution in [-0.2, 0) is 0 Å². The van der Waals surface area contributed by atoms with E-state index >= 15 is 0 Å². The van der Waals surface area contributed by atoms with Gasteiger partial charge in [0, 0.05) is 18.2 Å². The smallest absolute Gasteiger partial charge is 0.318 e. The van der Waals surface area contributed by atoms with Crippen LogP contribution in [0.2, 0.25) is 0 Å². The summed E-state index contributed by atoms with van der Waals surface area (Å²) in [7, 11) is 0. The van der Waals surface area contributed by atoms with E-state index in [1.54, 1.807) is 17.0 Å². The van der Waals surface area contributed by atoms with E-state index in [2.05, 4.69) is 15.5 Å². The molecule has 2 aromatic rings. The molecule has 0 radical (unpaired) electrons. The molecule has 1 aromatic carbocycles. The van der Waals surface area contributed by atoms with E-state index in [-0.39, 0.29) is 23.9 Å². The van der Waals surface area contributed by atoms with Crippen LogP contribution in [0.5, 0.6) is 0 Å². The van der Waals surface area contributed by atoms with Gasteiger partial charge in [-0.1, -0.05) is 36.6 Å². The zero-order chi connectivity index (χ0) is 17.9. The minimum absolute atomic E-state index is 0.0510. The van der Waals surface area contributed by atoms with Crippen LogP contribution in [0.15, 0.2) is 28.8 Å². The van der Waals surface area contributed by atoms with Gasteiger partial charge in [-0.05, 0) is 37.8 Å². The monoisotopic (exact) mass is 358 g/mol. The van der Waals surface area contributed by atoms with E-state index in [9.17, 15) is 9.18 Å². The maximum absolute atomic E-state index is 13.4. The molecule has 2 heterocycles. The second-order valence-electron chi connectivity index (χ2n) is 7.10. The molecule has 2 amide bonds. The first-order valence-corrected chi connectivity index (χ1v) is 9.37. The first-order chi connectivity index (χ1) is 12.7. The average Bonchev–Trinajstić information content (AvgIpc) is 3.32. The Morgan fingerprint density at radius 1 is 1.19 bits per heavy atom. The van der Waals surface area contributed by atoms with Crippen molar-refractivity contribution in [3.63, 3.8) is 0 Å². The number of nitrogens with one attached hydrogen (secondary N) is 1. The van der Waals surface area contributed by atoms with E-state index < -0.39 is 0 Å². The number of halogens is 1. The lowest BCUT2D eigenvalue weighted by Crippen LogP contribution is -2.45. The molecule has 1 aliphatic carbocycles. The number of likely N-dealkylation sites (tertiary alicyclic amines) is 1. The number of hydrogen-bond donors (Lipinski definition) is 1. The lowest BCUT2D eigenvalue weighted by atomic mass is 9.96. The number of nitrogens with zero attached hydrogens (tertiary/aromatic N) is 3. The summed E-state index contributed by atoms with van der Waals surface area (Å²) in [4.78, 5) is 18.9. The summed E-state index contributed by atoms with van der Waals surface area (Å²) < 4.78 is 18.8. The van der Waals surface area contributed by atoms with Gasteiger partial charge in [-0.3, -0.25) is 0 Å². The second kappa shape index (κ2) is 7.43. The third kappa shape index (κ3) is 3.57. The van der Waals surface area contributed by atoms with Crippen molar-refractivity contribution in [2.24, 2.45) is 0 Å². The largest absolute Gasteiger partial charge is 0.337 e. The molecule has 1 aromatic heterocycles. The maximum Gasteiger partial charge on any atom is 0.318 e. The normalized spacial score (nSPS) is 21.1. The van der Waals surface area contributed by atoms with Crippen LogP contribution in [0, 0.1) is 5.82 Å². The van der Waals surface area contributed by atoms with Gasteiger partial charge < -0.3 is 14.7 Å². The highest BCUT2D eigenvalue weighted by Crippen LogP contribution is 2.32. The van der Waals surface area contributed by atoms with Crippen LogP contribution in [0.25, 0.3) is 11.4 Å². The van der Waals surface area contributed by atoms with Gasteiger partial charge in [0.15, 0.2) is 0 Å². The molecule has 1 atom stereocenters. The molecule has 2 aliphatic rings. The molecule has 1 saturated heterocycles. The number of aromatic nitrogens is 2. The molecule has 0 unspecified atom stereocenters. The molecule has 7 heteroatoms. The van der Waals surface area contributed by atoms with Crippen LogP contribution in [-0.4, -0.2) is 33.7 Å². The number of carbonyl (C=O) groups is 1. The first-order valence-electron chi connectivity index (χ1n) is 9.37. The minimum atomic E-state index is -0.344. The van der Waals surface area contributed by atoms with Gasteiger partial charge in [0.2, 0.25) is 11.7 Å². The molecule has 26 heavy (non-hydrogen) atoms. The summed E-state index contributed by atoms with van der Waals surface area (Å²) in [6, 6.07) is 6.09. The Kier molecular flexibility index (Phi) is 4.86. The van der Waals surface area contributed by atoms with Crippen molar-refractivity contribution in [2.75, 3.05) is 6.54 Å². The van der Waals surface area contributed by atoms with Crippen LogP contribution in [0.4, 0.5) is 9.18 Å². The molecule has 0 bridgehead atoms. The molecule has 2 fully saturated rings. The van der Waals surface area contributed by atoms with Crippen LogP contribution in [0.3, 0.4) is 0 Å². The Balaban J connectivity index is 1.47. The van der Waals surface area contributed by atoms with Crippen LogP contribution in [0.1, 0.15) is 56.9 Å². The van der Waals surface area contributed by atoms with Gasteiger partial charge in [0.1, 0.15) is 11.9 Å². The van der Waals surface area contributed by atoms with Gasteiger partial charge in [-0.15, -0.1) is 0 Å². The van der Waals surface area contributed by atoms with Crippen molar-refractivity contribution in [1.29, 1.82) is 0 Å². The minimum Gasteiger partial charge on any atom is -0.337 e. The Hall–Kier alpha value is -2.44. The third-order valence-corrected chi connectivity index (χ3v) is 5.26. The number of carbonyl (C=O) groups excluding carboxylic acids is 1. The third-order valence-electron chi connectivity index (χ3n) is 5.26. The fourth-order valence-electron chi connectivity index (χ4n) is 3.89. The van der Waals surface area contributed by atoms with E-state index in [0.717, 1.165) is 25.7 Å². The van der Waals surface area contributed by atoms with E-state index in [0.29, 0.717) is 23.8 Å². The van der Waals surface area contributed by atoms with Gasteiger partial charge in [-0.2, -0.15) is 4.98 Å². The van der Waals surface area contributed by atoms with Crippen LogP contribution < -0.4 is 5.32 Å². The van der Waals surface area contributed by atoms with Crippen molar-refractivity contribution in [3.8, 4) is 11.4 Å². The zero-order valence-electron chi connectivity index (χ0n) is 14.7. The average molecular weight is 358 g/mol. The highest BCUT2D eigenvalue weighted by molar-refractivity contribution is 5.75. The molecule has 1 saturated carbocycles. The first kappa shape index (κ1) is 17.0. The lowest BCUT2D eigenvalue weighted by molar-refractivity contribution is 0.173. The Morgan fingerprint density at radius 3 is 2.85 bits per heavy atom. The molecular weight excluding hydrogens is 335 g/mol. The quantitative estimate of drug-likeness (QED) is 0.898. The van der Waals surface area contributed by atoms with Crippen molar-refractivity contribution in [3.05, 3.63) is 36.0 Å². The summed E-state index contributed by atoms with van der Waals surface area (Å²) in [6.45, 7) is 0.681. The highest BCUT2D eigenvalue weighted by Gasteiger charge is 2.35. The molecule has 1 aliphatic heterocycles. The fourth-order valence-corrected chi connectivity index (χ4v) is 3.89. The molecule has 4 rings (SSSR count). The number of benzene rings is 1. The van der Waals surface area contributed by atoms with E-state index in [1.807, 2.05) is 0 Å². The molecule has 138 valence electrons. The van der Waals surface area contributed by atoms with E-state index in [4.69, 9.17) is 4.52 Å². The Labute approximate surface area is 151 Å². The highest BCUT2D eigenvalue weighted by atomic mass is 19.1. The Bertz CT molecular complexity index is 772. The number of amides is 2. The van der Waals surface area contributed by atoms with Gasteiger partial charge in [0.25, 0.3) is 0 Å². The second-order valence-corrected chi connectivity index (χ2v) is 7.10. The number of urea groups is 1. The predicted molar refractivity (Wildman–Crippen MR) is 93.8 cm³/mol. The maximum atomic E-state index is 13.4. The summed E-state index contributed by atoms with van der Waals surface area (Å²) in [6.07, 6.45) is 7.40. The Morgan fingerprint density at radius 2 is 2.04 bits per heavy atom. The fraction of sp³-hybridized carbons (Fsp3) is 0.526. The van der Waals surface area contributed by atoms with Gasteiger partial charge in [0.05, 0.1) is 0 Å². The topological polar surface area (TPSA) is 71.3 Å². The molecular formula is C19H23FN4O2.